The molecule has 134 valence electrons. The average molecular weight is 379 g/mol. The highest BCUT2D eigenvalue weighted by Gasteiger charge is 2.15. The van der Waals surface area contributed by atoms with Gasteiger partial charge in [0, 0.05) is 21.5 Å². The maximum Gasteiger partial charge on any atom is 0.335 e. The third-order valence-corrected chi connectivity index (χ3v) is 5.45. The molecule has 0 bridgehead atoms. The molecule has 0 heterocycles. The van der Waals surface area contributed by atoms with Crippen LogP contribution in [-0.2, 0) is 0 Å². The number of halogens is 2. The van der Waals surface area contributed by atoms with Gasteiger partial charge in [0.2, 0.25) is 0 Å². The van der Waals surface area contributed by atoms with E-state index in [9.17, 15) is 4.79 Å². The van der Waals surface area contributed by atoms with Crippen molar-refractivity contribution in [1.82, 2.24) is 0 Å². The topological polar surface area (TPSA) is 37.3 Å². The normalized spacial score (nSPS) is 11.3. The fourth-order valence-electron chi connectivity index (χ4n) is 3.44. The van der Waals surface area contributed by atoms with E-state index in [0.717, 1.165) is 21.9 Å². The van der Waals surface area contributed by atoms with E-state index in [1.54, 1.807) is 12.1 Å². The summed E-state index contributed by atoms with van der Waals surface area (Å²) in [5.41, 5.74) is 3.45. The number of carboxylic acids is 1. The Morgan fingerprint density at radius 1 is 0.889 bits per heavy atom. The van der Waals surface area contributed by atoms with Gasteiger partial charge in [-0.2, -0.15) is 0 Å². The summed E-state index contributed by atoms with van der Waals surface area (Å²) in [6.45, 7) is 4.08. The summed E-state index contributed by atoms with van der Waals surface area (Å²) in [6, 6.07) is 15.6. The number of hydrogen-bond acceptors (Lipinski definition) is 1. The number of carboxylic acid groups (broad SMARTS) is 1. The minimum atomic E-state index is -1.04. The first-order valence-corrected chi connectivity index (χ1v) is 8.90. The molecule has 4 aromatic rings. The summed E-state index contributed by atoms with van der Waals surface area (Å²) >= 11 is 6.48. The van der Waals surface area contributed by atoms with Gasteiger partial charge in [-0.1, -0.05) is 41.9 Å². The van der Waals surface area contributed by atoms with Gasteiger partial charge in [-0.15, -0.1) is 0 Å². The smallest absolute Gasteiger partial charge is 0.335 e. The van der Waals surface area contributed by atoms with Crippen molar-refractivity contribution in [2.45, 2.75) is 13.8 Å². The number of hydrogen-bond donors (Lipinski definition) is 1. The fraction of sp³-hybridized carbons (Fsp3) is 0.0870. The highest BCUT2D eigenvalue weighted by molar-refractivity contribution is 6.34. The van der Waals surface area contributed by atoms with E-state index in [0.29, 0.717) is 26.9 Å². The Bertz CT molecular complexity index is 1240. The van der Waals surface area contributed by atoms with Crippen molar-refractivity contribution in [2.24, 2.45) is 0 Å². The monoisotopic (exact) mass is 378 g/mol. The van der Waals surface area contributed by atoms with Crippen molar-refractivity contribution in [1.29, 1.82) is 0 Å². The van der Waals surface area contributed by atoms with Gasteiger partial charge in [0.1, 0.15) is 5.82 Å². The molecule has 4 heteroatoms. The second kappa shape index (κ2) is 6.36. The Kier molecular flexibility index (Phi) is 4.12. The quantitative estimate of drug-likeness (QED) is 0.418. The first kappa shape index (κ1) is 17.5. The molecule has 0 spiro atoms. The van der Waals surface area contributed by atoms with Crippen LogP contribution in [0.25, 0.3) is 32.7 Å². The number of fused-ring (bicyclic) bond motifs is 2. The minimum absolute atomic E-state index is 0.129. The van der Waals surface area contributed by atoms with Crippen LogP contribution in [0.15, 0.2) is 54.6 Å². The van der Waals surface area contributed by atoms with Crippen LogP contribution in [0.3, 0.4) is 0 Å². The van der Waals surface area contributed by atoms with E-state index in [2.05, 4.69) is 0 Å². The van der Waals surface area contributed by atoms with Crippen LogP contribution in [0.5, 0.6) is 0 Å². The molecular formula is C23H16ClFO2. The number of benzene rings is 4. The summed E-state index contributed by atoms with van der Waals surface area (Å²) in [6.07, 6.45) is 0. The Morgan fingerprint density at radius 3 is 2.33 bits per heavy atom. The summed E-state index contributed by atoms with van der Waals surface area (Å²) in [4.78, 5) is 11.1. The lowest BCUT2D eigenvalue weighted by atomic mass is 9.94. The van der Waals surface area contributed by atoms with Crippen molar-refractivity contribution >= 4 is 39.1 Å². The zero-order valence-corrected chi connectivity index (χ0v) is 15.6. The lowest BCUT2D eigenvalue weighted by molar-refractivity contribution is 0.0697. The second-order valence-corrected chi connectivity index (χ2v) is 7.14. The maximum atomic E-state index is 15.2. The van der Waals surface area contributed by atoms with Crippen molar-refractivity contribution in [2.75, 3.05) is 0 Å². The molecular weight excluding hydrogens is 363 g/mol. The van der Waals surface area contributed by atoms with Crippen molar-refractivity contribution in [3.8, 4) is 11.1 Å². The molecule has 0 aliphatic rings. The molecule has 0 unspecified atom stereocenters. The van der Waals surface area contributed by atoms with Gasteiger partial charge >= 0.3 is 5.97 Å². The Hall–Kier alpha value is -2.91. The highest BCUT2D eigenvalue weighted by Crippen LogP contribution is 2.37. The van der Waals surface area contributed by atoms with Crippen molar-refractivity contribution in [3.05, 3.63) is 82.1 Å². The molecule has 0 amide bonds. The predicted molar refractivity (Wildman–Crippen MR) is 108 cm³/mol. The van der Waals surface area contributed by atoms with Gasteiger partial charge < -0.3 is 5.11 Å². The van der Waals surface area contributed by atoms with Crippen LogP contribution in [0, 0.1) is 19.7 Å². The Morgan fingerprint density at radius 2 is 1.59 bits per heavy atom. The second-order valence-electron chi connectivity index (χ2n) is 6.73. The minimum Gasteiger partial charge on any atom is -0.478 e. The van der Waals surface area contributed by atoms with E-state index >= 15 is 4.39 Å². The van der Waals surface area contributed by atoms with Gasteiger partial charge in [-0.25, -0.2) is 9.18 Å². The van der Waals surface area contributed by atoms with Gasteiger partial charge in [0.15, 0.2) is 0 Å². The van der Waals surface area contributed by atoms with Gasteiger partial charge in [-0.3, -0.25) is 0 Å². The summed E-state index contributed by atoms with van der Waals surface area (Å²) < 4.78 is 15.2. The van der Waals surface area contributed by atoms with Crippen molar-refractivity contribution < 1.29 is 14.3 Å². The third-order valence-electron chi connectivity index (χ3n) is 5.14. The Labute approximate surface area is 160 Å². The van der Waals surface area contributed by atoms with Crippen LogP contribution in [-0.4, -0.2) is 11.1 Å². The molecule has 0 aliphatic heterocycles. The van der Waals surface area contributed by atoms with Gasteiger partial charge in [0.05, 0.1) is 5.56 Å². The number of rotatable bonds is 2. The molecule has 4 aromatic carbocycles. The first-order valence-electron chi connectivity index (χ1n) is 8.52. The lowest BCUT2D eigenvalue weighted by Gasteiger charge is -2.13. The van der Waals surface area contributed by atoms with Crippen LogP contribution in [0.2, 0.25) is 5.02 Å². The van der Waals surface area contributed by atoms with E-state index in [4.69, 9.17) is 16.7 Å². The number of aromatic carboxylic acids is 1. The lowest BCUT2D eigenvalue weighted by Crippen LogP contribution is -1.96. The van der Waals surface area contributed by atoms with Gasteiger partial charge in [-0.05, 0) is 65.4 Å². The average Bonchev–Trinajstić information content (AvgIpc) is 2.65. The van der Waals surface area contributed by atoms with E-state index in [-0.39, 0.29) is 5.56 Å². The van der Waals surface area contributed by atoms with Gasteiger partial charge in [0.25, 0.3) is 0 Å². The van der Waals surface area contributed by atoms with Crippen LogP contribution in [0.4, 0.5) is 4.39 Å². The highest BCUT2D eigenvalue weighted by atomic mass is 35.5. The summed E-state index contributed by atoms with van der Waals surface area (Å²) in [5.74, 6) is -1.44. The van der Waals surface area contributed by atoms with Crippen LogP contribution in [0.1, 0.15) is 21.5 Å². The van der Waals surface area contributed by atoms with Crippen LogP contribution < -0.4 is 0 Å². The fourth-order valence-corrected chi connectivity index (χ4v) is 3.72. The summed E-state index contributed by atoms with van der Waals surface area (Å²) in [5, 5.41) is 12.6. The van der Waals surface area contributed by atoms with Crippen molar-refractivity contribution in [3.63, 3.8) is 0 Å². The standard InChI is InChI=1S/C23H16ClFO2/c1-12-3-4-15-10-21(24)20(11-19(15)13(12)2)18-8-5-14-9-16(23(26)27)6-7-17(14)22(18)25/h3-11H,1-2H3,(H,26,27). The van der Waals surface area contributed by atoms with E-state index in [1.165, 1.54) is 18.2 Å². The molecule has 2 nitrogen and oxygen atoms in total. The molecule has 0 atom stereocenters. The molecule has 1 N–H and O–H groups in total. The molecule has 0 saturated carbocycles. The zero-order chi connectivity index (χ0) is 19.3. The largest absolute Gasteiger partial charge is 0.478 e. The molecule has 0 saturated heterocycles. The number of aryl methyl sites for hydroxylation is 2. The summed E-state index contributed by atoms with van der Waals surface area (Å²) in [7, 11) is 0. The predicted octanol–water partition coefficient (Wildman–Crippen LogP) is 6.77. The molecule has 27 heavy (non-hydrogen) atoms. The van der Waals surface area contributed by atoms with Crippen LogP contribution >= 0.6 is 11.6 Å². The SMILES string of the molecule is Cc1ccc2cc(Cl)c(-c3ccc4cc(C(=O)O)ccc4c3F)cc2c1C. The van der Waals surface area contributed by atoms with E-state index < -0.39 is 11.8 Å². The zero-order valence-electron chi connectivity index (χ0n) is 14.8. The molecule has 0 aromatic heterocycles. The van der Waals surface area contributed by atoms with E-state index in [1.807, 2.05) is 38.1 Å². The third kappa shape index (κ3) is 2.84. The molecule has 4 rings (SSSR count). The Balaban J connectivity index is 1.97. The molecule has 0 fully saturated rings. The molecule has 0 radical (unpaired) electrons. The molecule has 0 aliphatic carbocycles. The maximum absolute atomic E-state index is 15.2. The first-order chi connectivity index (χ1) is 12.9. The number of carbonyl (C=O) groups is 1.